The van der Waals surface area contributed by atoms with E-state index in [0.717, 1.165) is 80.9 Å². The van der Waals surface area contributed by atoms with E-state index in [1.165, 1.54) is 28.8 Å². The topological polar surface area (TPSA) is 241 Å². The number of aromatic nitrogens is 4. The Morgan fingerprint density at radius 2 is 1.12 bits per heavy atom. The molecule has 0 unspecified atom stereocenters. The fourth-order valence-electron chi connectivity index (χ4n) is 8.78. The van der Waals surface area contributed by atoms with Crippen LogP contribution in [0.25, 0.3) is 0 Å². The summed E-state index contributed by atoms with van der Waals surface area (Å²) in [7, 11) is 0. The van der Waals surface area contributed by atoms with Crippen molar-refractivity contribution in [2.75, 3.05) is 44.2 Å². The molecular weight excluding hydrogens is 1040 g/mol. The van der Waals surface area contributed by atoms with Gasteiger partial charge in [-0.05, 0) is 140 Å². The van der Waals surface area contributed by atoms with Gasteiger partial charge in [-0.1, -0.05) is 140 Å². The molecule has 5 aromatic rings. The molecule has 3 aromatic carbocycles. The Morgan fingerprint density at radius 3 is 1.49 bits per heavy atom. The van der Waals surface area contributed by atoms with Crippen molar-refractivity contribution in [3.05, 3.63) is 147 Å². The minimum Gasteiger partial charge on any atom is -0.481 e. The molecule has 0 saturated carbocycles. The number of Topliss-reactive ketones (excluding diaryl/α,β-unsaturated/α-hetero) is 2. The summed E-state index contributed by atoms with van der Waals surface area (Å²) in [5.74, 6) is 3.15. The molecule has 2 aromatic heterocycles. The minimum absolute atomic E-state index is 0.109. The number of nitrogens with one attached hydrogen (secondary N) is 1. The lowest BCUT2D eigenvalue weighted by molar-refractivity contribution is -0.136. The van der Waals surface area contributed by atoms with Gasteiger partial charge in [0, 0.05) is 57.9 Å². The summed E-state index contributed by atoms with van der Waals surface area (Å²) in [6, 6.07) is 35.0. The molecule has 0 aliphatic carbocycles. The van der Waals surface area contributed by atoms with Crippen LogP contribution >= 0.6 is 11.6 Å². The van der Waals surface area contributed by atoms with Gasteiger partial charge >= 0.3 is 12.1 Å². The average molecular weight is 1130 g/mol. The zero-order valence-electron chi connectivity index (χ0n) is 49.6. The van der Waals surface area contributed by atoms with E-state index in [9.17, 15) is 19.2 Å². The summed E-state index contributed by atoms with van der Waals surface area (Å²) >= 11 is 5.39. The summed E-state index contributed by atoms with van der Waals surface area (Å²) < 4.78 is 5.20. The second-order valence-corrected chi connectivity index (χ2v) is 22.7. The van der Waals surface area contributed by atoms with Crippen LogP contribution in [-0.4, -0.2) is 105 Å². The van der Waals surface area contributed by atoms with Crippen molar-refractivity contribution in [1.29, 1.82) is 10.5 Å². The van der Waals surface area contributed by atoms with E-state index in [1.54, 1.807) is 11.0 Å². The molecule has 3 saturated heterocycles. The van der Waals surface area contributed by atoms with Crippen molar-refractivity contribution in [2.24, 2.45) is 17.6 Å². The van der Waals surface area contributed by atoms with Crippen molar-refractivity contribution in [3.8, 4) is 12.1 Å². The number of hydrogen-bond donors (Lipinski definition) is 3. The summed E-state index contributed by atoms with van der Waals surface area (Å²) in [6.07, 6.45) is 5.31. The van der Waals surface area contributed by atoms with Gasteiger partial charge in [0.15, 0.2) is 22.4 Å². The van der Waals surface area contributed by atoms with Gasteiger partial charge in [0.1, 0.15) is 29.3 Å². The first-order valence-electron chi connectivity index (χ1n) is 28.3. The molecule has 5 heterocycles. The average Bonchev–Trinajstić information content (AvgIpc) is 4.26. The van der Waals surface area contributed by atoms with Crippen LogP contribution in [0.3, 0.4) is 0 Å². The summed E-state index contributed by atoms with van der Waals surface area (Å²) in [4.78, 5) is 50.0. The van der Waals surface area contributed by atoms with E-state index < -0.39 is 11.6 Å². The van der Waals surface area contributed by atoms with Gasteiger partial charge in [0.05, 0.1) is 6.42 Å². The van der Waals surface area contributed by atoms with Gasteiger partial charge in [0.2, 0.25) is 0 Å². The molecule has 436 valence electrons. The molecule has 3 fully saturated rings. The Labute approximate surface area is 486 Å². The van der Waals surface area contributed by atoms with Crippen molar-refractivity contribution in [1.82, 2.24) is 30.6 Å². The fraction of sp³-hybridized carbons (Fsp3) is 0.500. The van der Waals surface area contributed by atoms with Gasteiger partial charge in [-0.3, -0.25) is 14.4 Å². The lowest BCUT2D eigenvalue weighted by Crippen LogP contribution is -2.36. The standard InChI is InChI=1S/C21H24N4O.C16H23NO.C11H14O2.C9H18N2O2.C5H2ClN3.C2H6/c1-15(2)18-5-3-16(4-6-18)11-20(26)12-17-9-10-25(14-17)21-8-7-19(13-22)23-24-21;1-12(2)15-5-3-13(4-6-15)9-16(18)10-14-7-8-17-11-14;1-8(2)10-5-3-9(4-6-10)7-11(12)13;1-9(2,3)13-8(12)11-5-4-7(10)6-11;6-5-2-1-4(3-7)8-9-5;1-2/h3-8,15,17H,9-12,14H2,1-2H3;3-6,12,14,17H,7-11H2,1-2H3;3-6,8H,7H2,1-2H3,(H,12,13);7H,4-6,10H2,1-3H3;1-2H;1-2H3/t17-;14-;;7-;;/m11.0../s1. The number of amides is 1. The predicted molar refractivity (Wildman–Crippen MR) is 321 cm³/mol. The molecule has 17 heteroatoms. The largest absolute Gasteiger partial charge is 0.481 e. The molecule has 0 bridgehead atoms. The summed E-state index contributed by atoms with van der Waals surface area (Å²) in [5, 5.41) is 44.1. The number of nitrogens with two attached hydrogens (primary N) is 1. The molecule has 3 aliphatic heterocycles. The number of nitrogens with zero attached hydrogens (tertiary/aromatic N) is 8. The first-order valence-corrected chi connectivity index (χ1v) is 28.7. The number of anilines is 1. The van der Waals surface area contributed by atoms with Gasteiger partial charge in [-0.2, -0.15) is 10.5 Å². The maximum Gasteiger partial charge on any atom is 0.410 e. The Balaban J connectivity index is 0.000000276. The molecule has 4 N–H and O–H groups in total. The zero-order chi connectivity index (χ0) is 60.1. The Bertz CT molecular complexity index is 2750. The van der Waals surface area contributed by atoms with E-state index in [2.05, 4.69) is 121 Å². The van der Waals surface area contributed by atoms with E-state index in [0.29, 0.717) is 77.8 Å². The molecule has 16 nitrogen and oxygen atoms in total. The Hall–Kier alpha value is -7.11. The van der Waals surface area contributed by atoms with Crippen molar-refractivity contribution < 1.29 is 29.0 Å². The van der Waals surface area contributed by atoms with Crippen LogP contribution in [0.5, 0.6) is 0 Å². The number of aliphatic carboxylic acids is 1. The molecule has 1 amide bonds. The number of hydrogen-bond acceptors (Lipinski definition) is 14. The van der Waals surface area contributed by atoms with Crippen LogP contribution in [-0.2, 0) is 38.4 Å². The van der Waals surface area contributed by atoms with Gasteiger partial charge in [0.25, 0.3) is 0 Å². The normalized spacial score (nSPS) is 16.1. The lowest BCUT2D eigenvalue weighted by atomic mass is 9.96. The lowest BCUT2D eigenvalue weighted by Gasteiger charge is -2.24. The quantitative estimate of drug-likeness (QED) is 0.0936. The first-order chi connectivity index (χ1) is 38.5. The van der Waals surface area contributed by atoms with Crippen LogP contribution in [0.4, 0.5) is 10.6 Å². The number of rotatable bonds is 14. The minimum atomic E-state index is -0.780. The molecule has 3 aliphatic rings. The number of ether oxygens (including phenoxy) is 1. The Kier molecular flexibility index (Phi) is 29.9. The maximum absolute atomic E-state index is 12.4. The summed E-state index contributed by atoms with van der Waals surface area (Å²) in [5.41, 5.74) is 12.8. The highest BCUT2D eigenvalue weighted by atomic mass is 35.5. The van der Waals surface area contributed by atoms with Crippen LogP contribution < -0.4 is 16.0 Å². The Morgan fingerprint density at radius 1 is 0.654 bits per heavy atom. The highest BCUT2D eigenvalue weighted by Gasteiger charge is 2.28. The molecule has 0 spiro atoms. The van der Waals surface area contributed by atoms with Crippen LogP contribution in [0.2, 0.25) is 5.15 Å². The number of nitriles is 2. The van der Waals surface area contributed by atoms with E-state index in [4.69, 9.17) is 37.7 Å². The molecule has 3 atom stereocenters. The maximum atomic E-state index is 12.4. The highest BCUT2D eigenvalue weighted by Crippen LogP contribution is 2.26. The monoisotopic (exact) mass is 1130 g/mol. The molecule has 0 radical (unpaired) electrons. The fourth-order valence-corrected chi connectivity index (χ4v) is 8.88. The number of ketones is 2. The highest BCUT2D eigenvalue weighted by molar-refractivity contribution is 6.29. The number of benzene rings is 3. The number of halogens is 1. The third kappa shape index (κ3) is 26.8. The third-order valence-electron chi connectivity index (χ3n) is 13.3. The van der Waals surface area contributed by atoms with Crippen LogP contribution in [0.15, 0.2) is 97.1 Å². The predicted octanol–water partition coefficient (Wildman–Crippen LogP) is 11.8. The van der Waals surface area contributed by atoms with E-state index >= 15 is 0 Å². The number of likely N-dealkylation sites (tertiary alicyclic amines) is 1. The van der Waals surface area contributed by atoms with Gasteiger partial charge in [-0.15, -0.1) is 20.4 Å². The van der Waals surface area contributed by atoms with Crippen molar-refractivity contribution in [3.63, 3.8) is 0 Å². The molecular formula is C64H87ClN10O6. The van der Waals surface area contributed by atoms with E-state index in [1.807, 2.05) is 77.1 Å². The number of carboxylic acid groups (broad SMARTS) is 1. The molecule has 81 heavy (non-hydrogen) atoms. The number of carbonyl (C=O) groups is 4. The SMILES string of the molecule is CC.CC(C)(C)OC(=O)N1CC[C@H](N)C1.CC(C)c1ccc(CC(=O)C[C@H]2CCN(c3ccc(C#N)nn3)C2)cc1.CC(C)c1ccc(CC(=O)C[C@H]2CCNC2)cc1.CC(C)c1ccc(CC(=O)O)cc1.N#Cc1ccc(Cl)nn1. The molecule has 8 rings (SSSR count). The van der Waals surface area contributed by atoms with E-state index in [-0.39, 0.29) is 24.2 Å². The van der Waals surface area contributed by atoms with Gasteiger partial charge in [-0.25, -0.2) is 4.79 Å². The second-order valence-electron chi connectivity index (χ2n) is 22.3. The third-order valence-corrected chi connectivity index (χ3v) is 13.5. The summed E-state index contributed by atoms with van der Waals surface area (Å²) in [6.45, 7) is 27.7. The van der Waals surface area contributed by atoms with Crippen molar-refractivity contribution in [2.45, 2.75) is 157 Å². The first kappa shape index (κ1) is 68.2. The number of carboxylic acids is 1. The second kappa shape index (κ2) is 35.6. The van der Waals surface area contributed by atoms with Crippen LogP contribution in [0, 0.1) is 34.5 Å². The smallest absolute Gasteiger partial charge is 0.410 e. The zero-order valence-corrected chi connectivity index (χ0v) is 50.4. The van der Waals surface area contributed by atoms with Crippen LogP contribution in [0.1, 0.15) is 171 Å². The number of carbonyl (C=O) groups excluding carboxylic acids is 3. The van der Waals surface area contributed by atoms with Crippen molar-refractivity contribution >= 4 is 41.0 Å². The van der Waals surface area contributed by atoms with Gasteiger partial charge < -0.3 is 30.7 Å².